The first-order valence-electron chi connectivity index (χ1n) is 6.36. The molecule has 2 heterocycles. The van der Waals surface area contributed by atoms with Gasteiger partial charge in [0.05, 0.1) is 16.5 Å². The van der Waals surface area contributed by atoms with E-state index in [0.717, 1.165) is 20.9 Å². The second-order valence-corrected chi connectivity index (χ2v) is 5.53. The summed E-state index contributed by atoms with van der Waals surface area (Å²) in [5, 5.41) is 10.2. The fourth-order valence-electron chi connectivity index (χ4n) is 1.85. The van der Waals surface area contributed by atoms with E-state index in [2.05, 4.69) is 9.97 Å². The monoisotopic (exact) mass is 286 g/mol. The van der Waals surface area contributed by atoms with Crippen LogP contribution in [0.1, 0.15) is 6.92 Å². The first-order chi connectivity index (χ1) is 9.74. The molecule has 0 fully saturated rings. The van der Waals surface area contributed by atoms with Crippen molar-refractivity contribution in [1.82, 2.24) is 9.97 Å². The van der Waals surface area contributed by atoms with Crippen molar-refractivity contribution in [3.05, 3.63) is 42.6 Å². The van der Waals surface area contributed by atoms with Gasteiger partial charge in [-0.2, -0.15) is 0 Å². The zero-order valence-corrected chi connectivity index (χ0v) is 11.8. The molecule has 0 saturated heterocycles. The van der Waals surface area contributed by atoms with Crippen molar-refractivity contribution in [1.29, 1.82) is 0 Å². The Labute approximate surface area is 120 Å². The van der Waals surface area contributed by atoms with Crippen LogP contribution in [-0.4, -0.2) is 27.8 Å². The van der Waals surface area contributed by atoms with Crippen molar-refractivity contribution in [3.63, 3.8) is 0 Å². The first kappa shape index (κ1) is 13.0. The number of pyridine rings is 1. The van der Waals surface area contributed by atoms with E-state index in [-0.39, 0.29) is 6.61 Å². The Morgan fingerprint density at radius 3 is 2.90 bits per heavy atom. The fraction of sp³-hybridized carbons (Fsp3) is 0.200. The molecule has 0 amide bonds. The van der Waals surface area contributed by atoms with E-state index in [1.807, 2.05) is 36.4 Å². The van der Waals surface area contributed by atoms with E-state index in [9.17, 15) is 5.11 Å². The van der Waals surface area contributed by atoms with Gasteiger partial charge in [-0.1, -0.05) is 12.1 Å². The number of rotatable bonds is 4. The number of aliphatic hydroxyl groups is 1. The van der Waals surface area contributed by atoms with Crippen LogP contribution in [0.5, 0.6) is 5.75 Å². The fourth-order valence-corrected chi connectivity index (χ4v) is 2.81. The summed E-state index contributed by atoms with van der Waals surface area (Å²) in [6.45, 7) is 1.95. The Kier molecular flexibility index (Phi) is 3.62. The van der Waals surface area contributed by atoms with Gasteiger partial charge in [0.15, 0.2) is 0 Å². The summed E-state index contributed by atoms with van der Waals surface area (Å²) in [6.07, 6.45) is 1.26. The zero-order valence-electron chi connectivity index (χ0n) is 11.0. The SMILES string of the molecule is CC(O)COc1cccc2sc(-c3ccccn3)nc12. The zero-order chi connectivity index (χ0) is 13.9. The standard InChI is InChI=1S/C15H14N2O2S/c1-10(18)9-19-12-6-4-7-13-14(12)17-15(20-13)11-5-2-3-8-16-11/h2-8,10,18H,9H2,1H3. The Bertz CT molecular complexity index is 710. The molecule has 1 unspecified atom stereocenters. The number of benzene rings is 1. The molecular weight excluding hydrogens is 272 g/mol. The average Bonchev–Trinajstić information content (AvgIpc) is 2.90. The molecule has 0 aliphatic carbocycles. The Morgan fingerprint density at radius 2 is 2.15 bits per heavy atom. The molecule has 3 rings (SSSR count). The summed E-state index contributed by atoms with van der Waals surface area (Å²) < 4.78 is 6.65. The molecule has 0 aliphatic rings. The maximum atomic E-state index is 9.32. The summed E-state index contributed by atoms with van der Waals surface area (Å²) in [7, 11) is 0. The van der Waals surface area contributed by atoms with E-state index in [0.29, 0.717) is 5.75 Å². The quantitative estimate of drug-likeness (QED) is 0.800. The van der Waals surface area contributed by atoms with E-state index >= 15 is 0 Å². The lowest BCUT2D eigenvalue weighted by Crippen LogP contribution is -2.12. The molecule has 20 heavy (non-hydrogen) atoms. The van der Waals surface area contributed by atoms with Gasteiger partial charge in [-0.15, -0.1) is 11.3 Å². The Morgan fingerprint density at radius 1 is 1.25 bits per heavy atom. The molecule has 5 heteroatoms. The van der Waals surface area contributed by atoms with Crippen LogP contribution in [0.25, 0.3) is 20.9 Å². The van der Waals surface area contributed by atoms with Gasteiger partial charge in [0, 0.05) is 6.20 Å². The largest absolute Gasteiger partial charge is 0.489 e. The van der Waals surface area contributed by atoms with Crippen molar-refractivity contribution in [3.8, 4) is 16.5 Å². The molecule has 3 aromatic rings. The van der Waals surface area contributed by atoms with Gasteiger partial charge >= 0.3 is 0 Å². The number of ether oxygens (including phenoxy) is 1. The number of aromatic nitrogens is 2. The van der Waals surface area contributed by atoms with E-state index in [1.165, 1.54) is 0 Å². The molecule has 0 bridgehead atoms. The van der Waals surface area contributed by atoms with E-state index in [4.69, 9.17) is 4.74 Å². The van der Waals surface area contributed by atoms with E-state index in [1.54, 1.807) is 24.5 Å². The van der Waals surface area contributed by atoms with Gasteiger partial charge in [-0.25, -0.2) is 4.98 Å². The summed E-state index contributed by atoms with van der Waals surface area (Å²) in [4.78, 5) is 8.93. The van der Waals surface area contributed by atoms with Crippen LogP contribution in [0.15, 0.2) is 42.6 Å². The van der Waals surface area contributed by atoms with Crippen molar-refractivity contribution in [2.24, 2.45) is 0 Å². The van der Waals surface area contributed by atoms with Gasteiger partial charge in [-0.3, -0.25) is 4.98 Å². The molecule has 4 nitrogen and oxygen atoms in total. The minimum absolute atomic E-state index is 0.259. The molecule has 0 radical (unpaired) electrons. The second kappa shape index (κ2) is 5.56. The first-order valence-corrected chi connectivity index (χ1v) is 7.17. The van der Waals surface area contributed by atoms with Crippen LogP contribution in [0.2, 0.25) is 0 Å². The summed E-state index contributed by atoms with van der Waals surface area (Å²) in [6, 6.07) is 11.6. The molecule has 0 spiro atoms. The predicted molar refractivity (Wildman–Crippen MR) is 80.0 cm³/mol. The van der Waals surface area contributed by atoms with Gasteiger partial charge in [0.25, 0.3) is 0 Å². The smallest absolute Gasteiger partial charge is 0.146 e. The number of nitrogens with zero attached hydrogens (tertiary/aromatic N) is 2. The second-order valence-electron chi connectivity index (χ2n) is 4.50. The maximum Gasteiger partial charge on any atom is 0.146 e. The lowest BCUT2D eigenvalue weighted by Gasteiger charge is -2.07. The van der Waals surface area contributed by atoms with Crippen LogP contribution in [0.3, 0.4) is 0 Å². The van der Waals surface area contributed by atoms with Crippen molar-refractivity contribution in [2.45, 2.75) is 13.0 Å². The average molecular weight is 286 g/mol. The Balaban J connectivity index is 2.00. The number of hydrogen-bond donors (Lipinski definition) is 1. The number of hydrogen-bond acceptors (Lipinski definition) is 5. The molecule has 1 aromatic carbocycles. The highest BCUT2D eigenvalue weighted by molar-refractivity contribution is 7.21. The lowest BCUT2D eigenvalue weighted by atomic mass is 10.3. The van der Waals surface area contributed by atoms with E-state index < -0.39 is 6.10 Å². The van der Waals surface area contributed by atoms with Gasteiger partial charge in [0.1, 0.15) is 22.9 Å². The molecule has 1 N–H and O–H groups in total. The molecule has 0 aliphatic heterocycles. The third-order valence-electron chi connectivity index (χ3n) is 2.75. The lowest BCUT2D eigenvalue weighted by molar-refractivity contribution is 0.123. The number of aliphatic hydroxyl groups excluding tert-OH is 1. The molecular formula is C15H14N2O2S. The normalized spacial score (nSPS) is 12.5. The van der Waals surface area contributed by atoms with Crippen molar-refractivity contribution < 1.29 is 9.84 Å². The van der Waals surface area contributed by atoms with Crippen LogP contribution < -0.4 is 4.74 Å². The van der Waals surface area contributed by atoms with Crippen molar-refractivity contribution >= 4 is 21.6 Å². The molecule has 1 atom stereocenters. The summed E-state index contributed by atoms with van der Waals surface area (Å²) in [5.74, 6) is 0.696. The number of thiazole rings is 1. The van der Waals surface area contributed by atoms with Crippen LogP contribution in [0, 0.1) is 0 Å². The van der Waals surface area contributed by atoms with Crippen LogP contribution in [-0.2, 0) is 0 Å². The van der Waals surface area contributed by atoms with Crippen molar-refractivity contribution in [2.75, 3.05) is 6.61 Å². The summed E-state index contributed by atoms with van der Waals surface area (Å²) >= 11 is 1.58. The minimum atomic E-state index is -0.501. The van der Waals surface area contributed by atoms with Gasteiger partial charge in [0.2, 0.25) is 0 Å². The Hall–Kier alpha value is -1.98. The highest BCUT2D eigenvalue weighted by Gasteiger charge is 2.11. The third kappa shape index (κ3) is 2.64. The van der Waals surface area contributed by atoms with Gasteiger partial charge < -0.3 is 9.84 Å². The summed E-state index contributed by atoms with van der Waals surface area (Å²) in [5.41, 5.74) is 1.67. The highest BCUT2D eigenvalue weighted by atomic mass is 32.1. The topological polar surface area (TPSA) is 55.2 Å². The third-order valence-corrected chi connectivity index (χ3v) is 3.79. The number of fused-ring (bicyclic) bond motifs is 1. The van der Waals surface area contributed by atoms with Gasteiger partial charge in [-0.05, 0) is 31.2 Å². The molecule has 2 aromatic heterocycles. The van der Waals surface area contributed by atoms with Crippen LogP contribution in [0.4, 0.5) is 0 Å². The number of para-hydroxylation sites is 1. The minimum Gasteiger partial charge on any atom is -0.489 e. The highest BCUT2D eigenvalue weighted by Crippen LogP contribution is 2.33. The molecule has 102 valence electrons. The predicted octanol–water partition coefficient (Wildman–Crippen LogP) is 3.12. The van der Waals surface area contributed by atoms with Crippen LogP contribution >= 0.6 is 11.3 Å². The molecule has 0 saturated carbocycles. The maximum absolute atomic E-state index is 9.32.